The maximum Gasteiger partial charge on any atom is 0.272 e. The number of nitro groups is 1. The van der Waals surface area contributed by atoms with Crippen LogP contribution >= 0.6 is 0 Å². The van der Waals surface area contributed by atoms with Crippen molar-refractivity contribution in [3.05, 3.63) is 75.3 Å². The van der Waals surface area contributed by atoms with Crippen LogP contribution in [0.25, 0.3) is 0 Å². The Bertz CT molecular complexity index is 712. The lowest BCUT2D eigenvalue weighted by atomic mass is 10.1. The van der Waals surface area contributed by atoms with E-state index in [1.807, 2.05) is 30.3 Å². The van der Waals surface area contributed by atoms with E-state index in [0.29, 0.717) is 17.5 Å². The number of nitrogens with one attached hydrogen (secondary N) is 1. The third kappa shape index (κ3) is 3.99. The van der Waals surface area contributed by atoms with E-state index >= 15 is 0 Å². The van der Waals surface area contributed by atoms with E-state index in [-0.39, 0.29) is 5.69 Å². The average Bonchev–Trinajstić information content (AvgIpc) is 2.52. The minimum Gasteiger partial charge on any atom is -0.267 e. The molecule has 6 nitrogen and oxygen atoms in total. The molecule has 0 bridgehead atoms. The smallest absolute Gasteiger partial charge is 0.267 e. The van der Waals surface area contributed by atoms with Gasteiger partial charge >= 0.3 is 0 Å². The summed E-state index contributed by atoms with van der Waals surface area (Å²) in [5.41, 5.74) is 4.25. The van der Waals surface area contributed by atoms with Gasteiger partial charge < -0.3 is 0 Å². The molecule has 0 unspecified atom stereocenters. The molecular weight excluding hydrogens is 282 g/mol. The van der Waals surface area contributed by atoms with Crippen LogP contribution < -0.4 is 5.43 Å². The fraction of sp³-hybridized carbons (Fsp3) is 0.125. The molecule has 0 spiro atoms. The zero-order chi connectivity index (χ0) is 15.9. The Morgan fingerprint density at radius 3 is 2.64 bits per heavy atom. The molecule has 0 saturated carbocycles. The minimum atomic E-state index is -0.477. The first-order valence-corrected chi connectivity index (χ1v) is 6.69. The van der Waals surface area contributed by atoms with Gasteiger partial charge in [-0.15, -0.1) is 0 Å². The highest BCUT2D eigenvalue weighted by Gasteiger charge is 2.13. The molecule has 0 aliphatic rings. The van der Waals surface area contributed by atoms with E-state index in [1.165, 1.54) is 18.2 Å². The molecule has 0 atom stereocenters. The van der Waals surface area contributed by atoms with Gasteiger partial charge in [0.15, 0.2) is 0 Å². The highest BCUT2D eigenvalue weighted by molar-refractivity contribution is 5.94. The fourth-order valence-corrected chi connectivity index (χ4v) is 1.94. The third-order valence-electron chi connectivity index (χ3n) is 3.08. The van der Waals surface area contributed by atoms with Gasteiger partial charge in [-0.2, -0.15) is 5.10 Å². The number of rotatable bonds is 5. The first-order chi connectivity index (χ1) is 10.6. The lowest BCUT2D eigenvalue weighted by Crippen LogP contribution is -2.17. The van der Waals surface area contributed by atoms with E-state index in [1.54, 1.807) is 13.1 Å². The van der Waals surface area contributed by atoms with Crippen molar-refractivity contribution in [3.63, 3.8) is 0 Å². The standard InChI is InChI=1S/C16H15N3O3/c1-12-11-14(7-8-15(12)19(21)22)16(20)18-17-10-9-13-5-3-2-4-6-13/h2-8,10-11H,9H2,1H3,(H,18,20)/b17-10+. The van der Waals surface area contributed by atoms with Crippen molar-refractivity contribution >= 4 is 17.8 Å². The van der Waals surface area contributed by atoms with Crippen molar-refractivity contribution in [3.8, 4) is 0 Å². The van der Waals surface area contributed by atoms with Crippen LogP contribution in [-0.4, -0.2) is 17.0 Å². The molecule has 0 aromatic heterocycles. The van der Waals surface area contributed by atoms with Crippen LogP contribution in [0.4, 0.5) is 5.69 Å². The zero-order valence-electron chi connectivity index (χ0n) is 12.0. The second kappa shape index (κ2) is 7.12. The van der Waals surface area contributed by atoms with Gasteiger partial charge in [0.25, 0.3) is 11.6 Å². The Morgan fingerprint density at radius 2 is 2.00 bits per heavy atom. The molecule has 112 valence electrons. The van der Waals surface area contributed by atoms with Crippen LogP contribution in [0.5, 0.6) is 0 Å². The summed E-state index contributed by atoms with van der Waals surface area (Å²) in [7, 11) is 0. The Hall–Kier alpha value is -3.02. The monoisotopic (exact) mass is 297 g/mol. The summed E-state index contributed by atoms with van der Waals surface area (Å²) < 4.78 is 0. The van der Waals surface area contributed by atoms with Crippen LogP contribution in [0.3, 0.4) is 0 Å². The Kier molecular flexibility index (Phi) is 4.98. The van der Waals surface area contributed by atoms with E-state index in [0.717, 1.165) is 5.56 Å². The van der Waals surface area contributed by atoms with Gasteiger partial charge in [-0.3, -0.25) is 14.9 Å². The molecule has 1 N–H and O–H groups in total. The third-order valence-corrected chi connectivity index (χ3v) is 3.08. The summed E-state index contributed by atoms with van der Waals surface area (Å²) in [5, 5.41) is 14.6. The Morgan fingerprint density at radius 1 is 1.27 bits per heavy atom. The van der Waals surface area contributed by atoms with Crippen LogP contribution in [0.15, 0.2) is 53.6 Å². The molecule has 22 heavy (non-hydrogen) atoms. The molecule has 2 rings (SSSR count). The minimum absolute atomic E-state index is 0.0101. The maximum absolute atomic E-state index is 11.9. The number of amides is 1. The average molecular weight is 297 g/mol. The molecule has 6 heteroatoms. The first kappa shape index (κ1) is 15.4. The summed E-state index contributed by atoms with van der Waals surface area (Å²) >= 11 is 0. The largest absolute Gasteiger partial charge is 0.272 e. The number of carbonyl (C=O) groups excluding carboxylic acids is 1. The number of aryl methyl sites for hydroxylation is 1. The number of nitro benzene ring substituents is 1. The van der Waals surface area contributed by atoms with Gasteiger partial charge in [-0.1, -0.05) is 30.3 Å². The van der Waals surface area contributed by atoms with Crippen molar-refractivity contribution in [2.75, 3.05) is 0 Å². The molecule has 2 aromatic rings. The molecule has 0 aliphatic heterocycles. The zero-order valence-corrected chi connectivity index (χ0v) is 12.0. The normalized spacial score (nSPS) is 10.6. The lowest BCUT2D eigenvalue weighted by Gasteiger charge is -2.02. The second-order valence-electron chi connectivity index (χ2n) is 4.70. The predicted molar refractivity (Wildman–Crippen MR) is 83.9 cm³/mol. The number of hydrogen-bond acceptors (Lipinski definition) is 4. The van der Waals surface area contributed by atoms with Gasteiger partial charge in [0.1, 0.15) is 0 Å². The number of carbonyl (C=O) groups is 1. The van der Waals surface area contributed by atoms with Gasteiger partial charge in [-0.05, 0) is 24.6 Å². The van der Waals surface area contributed by atoms with Gasteiger partial charge in [0.2, 0.25) is 0 Å². The summed E-state index contributed by atoms with van der Waals surface area (Å²) in [4.78, 5) is 22.1. The molecule has 0 saturated heterocycles. The molecule has 0 radical (unpaired) electrons. The van der Waals surface area contributed by atoms with E-state index in [4.69, 9.17) is 0 Å². The highest BCUT2D eigenvalue weighted by atomic mass is 16.6. The highest BCUT2D eigenvalue weighted by Crippen LogP contribution is 2.18. The fourth-order valence-electron chi connectivity index (χ4n) is 1.94. The number of hydrazone groups is 1. The van der Waals surface area contributed by atoms with E-state index in [9.17, 15) is 14.9 Å². The van der Waals surface area contributed by atoms with Crippen molar-refractivity contribution < 1.29 is 9.72 Å². The molecule has 0 fully saturated rings. The molecular formula is C16H15N3O3. The summed E-state index contributed by atoms with van der Waals surface area (Å²) in [5.74, 6) is -0.401. The van der Waals surface area contributed by atoms with Crippen LogP contribution in [-0.2, 0) is 6.42 Å². The summed E-state index contributed by atoms with van der Waals surface area (Å²) in [6.07, 6.45) is 2.21. The van der Waals surface area contributed by atoms with Crippen LogP contribution in [0, 0.1) is 17.0 Å². The SMILES string of the molecule is Cc1cc(C(=O)N/N=C/Cc2ccccc2)ccc1[N+](=O)[O-]. The van der Waals surface area contributed by atoms with Crippen LogP contribution in [0.2, 0.25) is 0 Å². The van der Waals surface area contributed by atoms with Crippen molar-refractivity contribution in [2.45, 2.75) is 13.3 Å². The number of benzene rings is 2. The topological polar surface area (TPSA) is 84.6 Å². The van der Waals surface area contributed by atoms with Gasteiger partial charge in [0.05, 0.1) is 4.92 Å². The first-order valence-electron chi connectivity index (χ1n) is 6.69. The molecule has 0 aliphatic carbocycles. The lowest BCUT2D eigenvalue weighted by molar-refractivity contribution is -0.385. The van der Waals surface area contributed by atoms with Gasteiger partial charge in [-0.25, -0.2) is 5.43 Å². The predicted octanol–water partition coefficient (Wildman–Crippen LogP) is 2.86. The summed E-state index contributed by atoms with van der Waals surface area (Å²) in [6.45, 7) is 1.59. The molecule has 2 aromatic carbocycles. The number of nitrogens with zero attached hydrogens (tertiary/aromatic N) is 2. The molecule has 0 heterocycles. The van der Waals surface area contributed by atoms with Crippen molar-refractivity contribution in [2.24, 2.45) is 5.10 Å². The summed E-state index contributed by atoms with van der Waals surface area (Å²) in [6, 6.07) is 13.9. The van der Waals surface area contributed by atoms with Crippen molar-refractivity contribution in [1.29, 1.82) is 0 Å². The van der Waals surface area contributed by atoms with Crippen molar-refractivity contribution in [1.82, 2.24) is 5.43 Å². The Labute approximate surface area is 127 Å². The van der Waals surface area contributed by atoms with E-state index < -0.39 is 10.8 Å². The van der Waals surface area contributed by atoms with E-state index in [2.05, 4.69) is 10.5 Å². The second-order valence-corrected chi connectivity index (χ2v) is 4.70. The maximum atomic E-state index is 11.9. The quantitative estimate of drug-likeness (QED) is 0.523. The van der Waals surface area contributed by atoms with Gasteiger partial charge in [0, 0.05) is 29.8 Å². The van der Waals surface area contributed by atoms with Crippen LogP contribution in [0.1, 0.15) is 21.5 Å². The Balaban J connectivity index is 1.95. The molecule has 1 amide bonds. The number of hydrogen-bond donors (Lipinski definition) is 1.